The number of aliphatic carboxylic acids is 2. The summed E-state index contributed by atoms with van der Waals surface area (Å²) in [5.74, 6) is -2.79. The molecule has 0 aliphatic carbocycles. The van der Waals surface area contributed by atoms with E-state index in [1.165, 1.54) is 0 Å². The highest BCUT2D eigenvalue weighted by Gasteiger charge is 2.20. The predicted octanol–water partition coefficient (Wildman–Crippen LogP) is -0.581. The van der Waals surface area contributed by atoms with Gasteiger partial charge < -0.3 is 20.8 Å². The zero-order valence-electron chi connectivity index (χ0n) is 9.90. The van der Waals surface area contributed by atoms with Crippen LogP contribution in [0, 0.1) is 0 Å². The van der Waals surface area contributed by atoms with Crippen LogP contribution in [0.1, 0.15) is 26.7 Å². The molecule has 0 aromatic carbocycles. The van der Waals surface area contributed by atoms with Gasteiger partial charge in [0.25, 0.3) is 0 Å². The topological polar surface area (TPSA) is 116 Å². The molecule has 0 radical (unpaired) electrons. The van der Waals surface area contributed by atoms with Crippen LogP contribution in [0.25, 0.3) is 0 Å². The summed E-state index contributed by atoms with van der Waals surface area (Å²) in [5, 5.41) is 22.3. The zero-order chi connectivity index (χ0) is 13.4. The molecule has 0 aliphatic rings. The van der Waals surface area contributed by atoms with Crippen molar-refractivity contribution in [2.75, 3.05) is 6.54 Å². The van der Waals surface area contributed by atoms with Crippen LogP contribution in [0.2, 0.25) is 0 Å². The molecule has 1 unspecified atom stereocenters. The van der Waals surface area contributed by atoms with Gasteiger partial charge in [-0.05, 0) is 6.42 Å². The molecule has 17 heavy (non-hydrogen) atoms. The number of hydrogen-bond acceptors (Lipinski definition) is 4. The number of carboxylic acid groups (broad SMARTS) is 2. The summed E-state index contributed by atoms with van der Waals surface area (Å²) in [6.07, 6.45) is -0.424. The molecule has 0 aromatic heterocycles. The lowest BCUT2D eigenvalue weighted by Crippen LogP contribution is -2.45. The zero-order valence-corrected chi connectivity index (χ0v) is 9.90. The average Bonchev–Trinajstić information content (AvgIpc) is 2.20. The fourth-order valence-corrected chi connectivity index (χ4v) is 1.07. The number of carbonyl (C=O) groups excluding carboxylic acids is 1. The molecule has 4 N–H and O–H groups in total. The summed E-state index contributed by atoms with van der Waals surface area (Å²) in [7, 11) is 0. The van der Waals surface area contributed by atoms with Gasteiger partial charge in [0.1, 0.15) is 6.04 Å². The molecule has 7 heteroatoms. The first-order chi connectivity index (χ1) is 7.82. The van der Waals surface area contributed by atoms with Gasteiger partial charge in [-0.25, -0.2) is 4.79 Å². The summed E-state index contributed by atoms with van der Waals surface area (Å²) >= 11 is 0. The Morgan fingerprint density at radius 1 is 1.18 bits per heavy atom. The van der Waals surface area contributed by atoms with Crippen LogP contribution >= 0.6 is 0 Å². The van der Waals surface area contributed by atoms with Crippen LogP contribution in [0.4, 0.5) is 0 Å². The molecule has 0 aliphatic heterocycles. The first-order valence-corrected chi connectivity index (χ1v) is 5.30. The molecule has 1 amide bonds. The Bertz CT molecular complexity index is 290. The maximum atomic E-state index is 11.3. The van der Waals surface area contributed by atoms with E-state index < -0.39 is 23.9 Å². The molecule has 0 saturated carbocycles. The minimum Gasteiger partial charge on any atom is -0.481 e. The van der Waals surface area contributed by atoms with Gasteiger partial charge in [-0.15, -0.1) is 0 Å². The van der Waals surface area contributed by atoms with Gasteiger partial charge in [0.05, 0.1) is 6.54 Å². The van der Waals surface area contributed by atoms with Gasteiger partial charge in [-0.3, -0.25) is 9.59 Å². The van der Waals surface area contributed by atoms with Crippen molar-refractivity contribution in [2.45, 2.75) is 38.8 Å². The maximum absolute atomic E-state index is 11.3. The Morgan fingerprint density at radius 3 is 2.18 bits per heavy atom. The van der Waals surface area contributed by atoms with Crippen molar-refractivity contribution >= 4 is 17.8 Å². The van der Waals surface area contributed by atoms with Gasteiger partial charge in [0.2, 0.25) is 5.91 Å². The van der Waals surface area contributed by atoms with Crippen molar-refractivity contribution in [3.05, 3.63) is 0 Å². The average molecular weight is 246 g/mol. The van der Waals surface area contributed by atoms with E-state index in [1.54, 1.807) is 0 Å². The Labute approximate surface area is 99.2 Å². The van der Waals surface area contributed by atoms with E-state index in [9.17, 15) is 14.4 Å². The molecular weight excluding hydrogens is 228 g/mol. The second-order valence-electron chi connectivity index (χ2n) is 3.93. The summed E-state index contributed by atoms with van der Waals surface area (Å²) in [6, 6.07) is -1.05. The van der Waals surface area contributed by atoms with E-state index in [1.807, 2.05) is 13.8 Å². The van der Waals surface area contributed by atoms with Gasteiger partial charge >= 0.3 is 11.9 Å². The second kappa shape index (κ2) is 7.61. The predicted molar refractivity (Wildman–Crippen MR) is 59.6 cm³/mol. The summed E-state index contributed by atoms with van der Waals surface area (Å²) in [5.41, 5.74) is 0. The molecule has 98 valence electrons. The van der Waals surface area contributed by atoms with Gasteiger partial charge in [-0.2, -0.15) is 0 Å². The van der Waals surface area contributed by atoms with Crippen molar-refractivity contribution in [1.82, 2.24) is 10.6 Å². The van der Waals surface area contributed by atoms with Crippen LogP contribution in [0.15, 0.2) is 0 Å². The Kier molecular flexibility index (Phi) is 6.88. The molecule has 0 heterocycles. The summed E-state index contributed by atoms with van der Waals surface area (Å²) < 4.78 is 0. The molecule has 0 spiro atoms. The Balaban J connectivity index is 4.11. The molecular formula is C10H18N2O5. The fraction of sp³-hybridized carbons (Fsp3) is 0.700. The monoisotopic (exact) mass is 246 g/mol. The van der Waals surface area contributed by atoms with Crippen LogP contribution in [-0.4, -0.2) is 46.7 Å². The van der Waals surface area contributed by atoms with Crippen molar-refractivity contribution in [3.63, 3.8) is 0 Å². The number of carbonyl (C=O) groups is 3. The van der Waals surface area contributed by atoms with Crippen molar-refractivity contribution in [2.24, 2.45) is 0 Å². The van der Waals surface area contributed by atoms with Crippen LogP contribution < -0.4 is 10.6 Å². The van der Waals surface area contributed by atoms with Crippen LogP contribution in [0.5, 0.6) is 0 Å². The van der Waals surface area contributed by atoms with E-state index in [-0.39, 0.29) is 25.4 Å². The van der Waals surface area contributed by atoms with Gasteiger partial charge in [0.15, 0.2) is 0 Å². The molecule has 7 nitrogen and oxygen atoms in total. The molecule has 0 rings (SSSR count). The van der Waals surface area contributed by atoms with Crippen molar-refractivity contribution < 1.29 is 24.6 Å². The molecule has 0 bridgehead atoms. The van der Waals surface area contributed by atoms with E-state index in [0.29, 0.717) is 0 Å². The van der Waals surface area contributed by atoms with E-state index in [4.69, 9.17) is 10.2 Å². The van der Waals surface area contributed by atoms with Crippen molar-refractivity contribution in [3.8, 4) is 0 Å². The minimum absolute atomic E-state index is 0.00845. The van der Waals surface area contributed by atoms with Crippen LogP contribution in [-0.2, 0) is 14.4 Å². The summed E-state index contributed by atoms with van der Waals surface area (Å²) in [4.78, 5) is 32.4. The first kappa shape index (κ1) is 15.4. The lowest BCUT2D eigenvalue weighted by atomic mass is 10.1. The van der Waals surface area contributed by atoms with E-state index >= 15 is 0 Å². The number of rotatable bonds is 8. The number of amides is 1. The maximum Gasteiger partial charge on any atom is 0.326 e. The summed E-state index contributed by atoms with van der Waals surface area (Å²) in [6.45, 7) is 3.72. The highest BCUT2D eigenvalue weighted by molar-refractivity contribution is 5.85. The SMILES string of the molecule is CC(C)NCC(=O)NC(CCC(=O)O)C(=O)O. The highest BCUT2D eigenvalue weighted by atomic mass is 16.4. The largest absolute Gasteiger partial charge is 0.481 e. The van der Waals surface area contributed by atoms with E-state index in [0.717, 1.165) is 0 Å². The molecule has 0 saturated heterocycles. The third-order valence-corrected chi connectivity index (χ3v) is 1.95. The van der Waals surface area contributed by atoms with Crippen LogP contribution in [0.3, 0.4) is 0 Å². The lowest BCUT2D eigenvalue weighted by Gasteiger charge is -2.14. The number of hydrogen-bond donors (Lipinski definition) is 4. The first-order valence-electron chi connectivity index (χ1n) is 5.30. The standard InChI is InChI=1S/C10H18N2O5/c1-6(2)11-5-8(13)12-7(10(16)17)3-4-9(14)15/h6-7,11H,3-5H2,1-2H3,(H,12,13)(H,14,15)(H,16,17). The molecule has 0 aromatic rings. The van der Waals surface area contributed by atoms with Gasteiger partial charge in [0, 0.05) is 12.5 Å². The fourth-order valence-electron chi connectivity index (χ4n) is 1.07. The number of carboxylic acids is 2. The highest BCUT2D eigenvalue weighted by Crippen LogP contribution is 1.97. The third-order valence-electron chi connectivity index (χ3n) is 1.95. The van der Waals surface area contributed by atoms with Gasteiger partial charge in [-0.1, -0.05) is 13.8 Å². The van der Waals surface area contributed by atoms with E-state index in [2.05, 4.69) is 10.6 Å². The molecule has 1 atom stereocenters. The quantitative estimate of drug-likeness (QED) is 0.455. The smallest absolute Gasteiger partial charge is 0.326 e. The minimum atomic E-state index is -1.23. The Hall–Kier alpha value is -1.63. The second-order valence-corrected chi connectivity index (χ2v) is 3.93. The number of nitrogens with one attached hydrogen (secondary N) is 2. The Morgan fingerprint density at radius 2 is 1.76 bits per heavy atom. The van der Waals surface area contributed by atoms with Crippen molar-refractivity contribution in [1.29, 1.82) is 0 Å². The third kappa shape index (κ3) is 8.21. The normalized spacial score (nSPS) is 12.2. The molecule has 0 fully saturated rings. The lowest BCUT2D eigenvalue weighted by molar-refractivity contribution is -0.142.